The number of anilines is 1. The first-order valence-corrected chi connectivity index (χ1v) is 9.43. The quantitative estimate of drug-likeness (QED) is 0.536. The lowest BCUT2D eigenvalue weighted by molar-refractivity contribution is 0.0737. The molecule has 27 heavy (non-hydrogen) atoms. The fourth-order valence-corrected chi connectivity index (χ4v) is 3.41. The van der Waals surface area contributed by atoms with E-state index in [0.29, 0.717) is 11.3 Å². The molecule has 3 aromatic rings. The number of esters is 1. The molecule has 0 unspecified atom stereocenters. The van der Waals surface area contributed by atoms with Crippen LogP contribution in [0.5, 0.6) is 5.75 Å². The molecule has 1 N–H and O–H groups in total. The number of aromatic amines is 1. The highest BCUT2D eigenvalue weighted by molar-refractivity contribution is 5.96. The SMILES string of the molecule is CN(C)CCc1c[nH]c2cccc(OC(=O)c3cccc(N4CCC4)c3)c12. The summed E-state index contributed by atoms with van der Waals surface area (Å²) in [6, 6.07) is 13.5. The number of hydrogen-bond donors (Lipinski definition) is 1. The Labute approximate surface area is 159 Å². The molecule has 0 spiro atoms. The second kappa shape index (κ2) is 7.45. The van der Waals surface area contributed by atoms with Crippen LogP contribution in [-0.4, -0.2) is 49.6 Å². The van der Waals surface area contributed by atoms with E-state index in [4.69, 9.17) is 4.74 Å². The molecular weight excluding hydrogens is 338 g/mol. The molecular formula is C22H25N3O2. The van der Waals surface area contributed by atoms with Crippen molar-refractivity contribution in [2.24, 2.45) is 0 Å². The Kier molecular flexibility index (Phi) is 4.86. The number of hydrogen-bond acceptors (Lipinski definition) is 4. The van der Waals surface area contributed by atoms with E-state index in [1.165, 1.54) is 6.42 Å². The molecule has 0 bridgehead atoms. The predicted molar refractivity (Wildman–Crippen MR) is 109 cm³/mol. The minimum absolute atomic E-state index is 0.315. The van der Waals surface area contributed by atoms with Crippen LogP contribution in [0.25, 0.3) is 10.9 Å². The van der Waals surface area contributed by atoms with E-state index in [-0.39, 0.29) is 5.97 Å². The highest BCUT2D eigenvalue weighted by Crippen LogP contribution is 2.30. The fourth-order valence-electron chi connectivity index (χ4n) is 3.41. The van der Waals surface area contributed by atoms with Crippen molar-refractivity contribution in [1.29, 1.82) is 0 Å². The van der Waals surface area contributed by atoms with Crippen LogP contribution in [-0.2, 0) is 6.42 Å². The van der Waals surface area contributed by atoms with Crippen LogP contribution < -0.4 is 9.64 Å². The molecule has 1 aromatic heterocycles. The zero-order chi connectivity index (χ0) is 18.8. The summed E-state index contributed by atoms with van der Waals surface area (Å²) in [6.45, 7) is 3.04. The molecule has 1 saturated heterocycles. The van der Waals surface area contributed by atoms with Gasteiger partial charge in [-0.15, -0.1) is 0 Å². The Balaban J connectivity index is 1.59. The van der Waals surface area contributed by atoms with Crippen molar-refractivity contribution in [3.05, 3.63) is 59.8 Å². The van der Waals surface area contributed by atoms with Crippen LogP contribution in [0.3, 0.4) is 0 Å². The number of H-pyrrole nitrogens is 1. The van der Waals surface area contributed by atoms with Gasteiger partial charge in [-0.2, -0.15) is 0 Å². The molecule has 4 rings (SSSR count). The zero-order valence-corrected chi connectivity index (χ0v) is 15.9. The number of fused-ring (bicyclic) bond motifs is 1. The number of nitrogens with one attached hydrogen (secondary N) is 1. The van der Waals surface area contributed by atoms with Gasteiger partial charge in [-0.1, -0.05) is 12.1 Å². The van der Waals surface area contributed by atoms with E-state index in [2.05, 4.69) is 28.9 Å². The van der Waals surface area contributed by atoms with Gasteiger partial charge in [0, 0.05) is 42.4 Å². The number of carbonyl (C=O) groups excluding carboxylic acids is 1. The van der Waals surface area contributed by atoms with Gasteiger partial charge in [-0.05, 0) is 62.8 Å². The molecule has 1 aliphatic rings. The maximum atomic E-state index is 12.8. The molecule has 1 aliphatic heterocycles. The van der Waals surface area contributed by atoms with Gasteiger partial charge in [0.2, 0.25) is 0 Å². The van der Waals surface area contributed by atoms with E-state index < -0.39 is 0 Å². The van der Waals surface area contributed by atoms with Crippen LogP contribution in [0.4, 0.5) is 5.69 Å². The summed E-state index contributed by atoms with van der Waals surface area (Å²) >= 11 is 0. The number of aromatic nitrogens is 1. The average molecular weight is 363 g/mol. The van der Waals surface area contributed by atoms with Crippen molar-refractivity contribution in [2.75, 3.05) is 38.6 Å². The molecule has 0 atom stereocenters. The first kappa shape index (κ1) is 17.6. The van der Waals surface area contributed by atoms with Crippen molar-refractivity contribution < 1.29 is 9.53 Å². The van der Waals surface area contributed by atoms with Gasteiger partial charge < -0.3 is 19.5 Å². The molecule has 0 saturated carbocycles. The summed E-state index contributed by atoms with van der Waals surface area (Å²) < 4.78 is 5.81. The van der Waals surface area contributed by atoms with E-state index in [1.54, 1.807) is 0 Å². The van der Waals surface area contributed by atoms with Gasteiger partial charge >= 0.3 is 5.97 Å². The Hall–Kier alpha value is -2.79. The second-order valence-corrected chi connectivity index (χ2v) is 7.33. The van der Waals surface area contributed by atoms with Crippen LogP contribution in [0, 0.1) is 0 Å². The number of likely N-dealkylation sites (N-methyl/N-ethyl adjacent to an activating group) is 1. The number of ether oxygens (including phenoxy) is 1. The Bertz CT molecular complexity index is 957. The zero-order valence-electron chi connectivity index (χ0n) is 15.9. The number of benzene rings is 2. The Morgan fingerprint density at radius 3 is 2.74 bits per heavy atom. The van der Waals surface area contributed by atoms with Crippen LogP contribution in [0.2, 0.25) is 0 Å². The van der Waals surface area contributed by atoms with E-state index in [9.17, 15) is 4.79 Å². The minimum atomic E-state index is -0.315. The third kappa shape index (κ3) is 3.69. The molecule has 2 aromatic carbocycles. The average Bonchev–Trinajstić information content (AvgIpc) is 3.03. The molecule has 0 amide bonds. The van der Waals surface area contributed by atoms with Gasteiger partial charge in [-0.3, -0.25) is 0 Å². The number of carbonyl (C=O) groups is 1. The minimum Gasteiger partial charge on any atom is -0.422 e. The van der Waals surface area contributed by atoms with E-state index in [1.807, 2.05) is 48.7 Å². The summed E-state index contributed by atoms with van der Waals surface area (Å²) in [5.74, 6) is 0.298. The fraction of sp³-hybridized carbons (Fsp3) is 0.318. The highest BCUT2D eigenvalue weighted by atomic mass is 16.5. The third-order valence-electron chi connectivity index (χ3n) is 5.08. The molecule has 1 fully saturated rings. The third-order valence-corrected chi connectivity index (χ3v) is 5.08. The van der Waals surface area contributed by atoms with Crippen molar-refractivity contribution >= 4 is 22.6 Å². The summed E-state index contributed by atoms with van der Waals surface area (Å²) in [7, 11) is 4.11. The number of rotatable bonds is 6. The number of nitrogens with zero attached hydrogens (tertiary/aromatic N) is 2. The molecule has 5 heteroatoms. The monoisotopic (exact) mass is 363 g/mol. The van der Waals surface area contributed by atoms with Crippen LogP contribution in [0.15, 0.2) is 48.7 Å². The van der Waals surface area contributed by atoms with E-state index in [0.717, 1.165) is 48.2 Å². The van der Waals surface area contributed by atoms with Crippen molar-refractivity contribution in [2.45, 2.75) is 12.8 Å². The van der Waals surface area contributed by atoms with Gasteiger partial charge in [0.25, 0.3) is 0 Å². The highest BCUT2D eigenvalue weighted by Gasteiger charge is 2.18. The van der Waals surface area contributed by atoms with Crippen molar-refractivity contribution in [1.82, 2.24) is 9.88 Å². The molecule has 2 heterocycles. The lowest BCUT2D eigenvalue weighted by Gasteiger charge is -2.33. The van der Waals surface area contributed by atoms with Crippen LogP contribution >= 0.6 is 0 Å². The molecule has 0 radical (unpaired) electrons. The Morgan fingerprint density at radius 2 is 2.00 bits per heavy atom. The summed E-state index contributed by atoms with van der Waals surface area (Å²) in [6.07, 6.45) is 4.11. The van der Waals surface area contributed by atoms with Crippen molar-refractivity contribution in [3.8, 4) is 5.75 Å². The largest absolute Gasteiger partial charge is 0.422 e. The van der Waals surface area contributed by atoms with Crippen LogP contribution in [0.1, 0.15) is 22.3 Å². The van der Waals surface area contributed by atoms with Gasteiger partial charge in [0.1, 0.15) is 5.75 Å². The smallest absolute Gasteiger partial charge is 0.343 e. The molecule has 0 aliphatic carbocycles. The maximum absolute atomic E-state index is 12.8. The molecule has 140 valence electrons. The van der Waals surface area contributed by atoms with Crippen molar-refractivity contribution in [3.63, 3.8) is 0 Å². The van der Waals surface area contributed by atoms with Gasteiger partial charge in [-0.25, -0.2) is 4.79 Å². The summed E-state index contributed by atoms with van der Waals surface area (Å²) in [4.78, 5) is 20.5. The first-order valence-electron chi connectivity index (χ1n) is 9.43. The topological polar surface area (TPSA) is 48.6 Å². The standard InChI is InChI=1S/C22H25N3O2/c1-24(2)13-10-17-15-23-19-8-4-9-20(21(17)19)27-22(26)16-6-3-7-18(14-16)25-11-5-12-25/h3-4,6-9,14-15,23H,5,10-13H2,1-2H3. The van der Waals surface area contributed by atoms with Gasteiger partial charge in [0.05, 0.1) is 5.56 Å². The maximum Gasteiger partial charge on any atom is 0.343 e. The van der Waals surface area contributed by atoms with E-state index >= 15 is 0 Å². The second-order valence-electron chi connectivity index (χ2n) is 7.33. The normalized spacial score (nSPS) is 13.8. The lowest BCUT2D eigenvalue weighted by atomic mass is 10.1. The Morgan fingerprint density at radius 1 is 1.19 bits per heavy atom. The first-order chi connectivity index (χ1) is 13.1. The summed E-state index contributed by atoms with van der Waals surface area (Å²) in [5, 5.41) is 0.992. The molecule has 5 nitrogen and oxygen atoms in total. The van der Waals surface area contributed by atoms with Gasteiger partial charge in [0.15, 0.2) is 0 Å². The lowest BCUT2D eigenvalue weighted by Crippen LogP contribution is -2.37. The predicted octanol–water partition coefficient (Wildman–Crippen LogP) is 3.70. The summed E-state index contributed by atoms with van der Waals surface area (Å²) in [5.41, 5.74) is 3.82.